The highest BCUT2D eigenvalue weighted by Crippen LogP contribution is 2.31. The molecule has 148 valence electrons. The van der Waals surface area contributed by atoms with Gasteiger partial charge in [-0.2, -0.15) is 0 Å². The van der Waals surface area contributed by atoms with E-state index in [4.69, 9.17) is 4.84 Å². The highest BCUT2D eigenvalue weighted by Gasteiger charge is 2.36. The molecule has 5 heteroatoms. The molecule has 2 heterocycles. The molecule has 0 bridgehead atoms. The number of piperidine rings is 1. The van der Waals surface area contributed by atoms with Gasteiger partial charge >= 0.3 is 0 Å². The second-order valence-corrected chi connectivity index (χ2v) is 7.90. The van der Waals surface area contributed by atoms with Gasteiger partial charge in [0.2, 0.25) is 0 Å². The molecule has 0 radical (unpaired) electrons. The first-order chi connectivity index (χ1) is 13.6. The molecule has 2 fully saturated rings. The molecule has 1 N–H and O–H groups in total. The quantitative estimate of drug-likeness (QED) is 0.880. The van der Waals surface area contributed by atoms with Crippen LogP contribution < -0.4 is 0 Å². The lowest BCUT2D eigenvalue weighted by Gasteiger charge is -2.41. The first-order valence-corrected chi connectivity index (χ1v) is 10.1. The Kier molecular flexibility index (Phi) is 5.64. The average Bonchev–Trinajstić information content (AvgIpc) is 2.72. The van der Waals surface area contributed by atoms with Crippen molar-refractivity contribution in [2.45, 2.75) is 44.7 Å². The van der Waals surface area contributed by atoms with Crippen molar-refractivity contribution in [3.05, 3.63) is 65.2 Å². The van der Waals surface area contributed by atoms with E-state index in [0.717, 1.165) is 37.9 Å². The topological polar surface area (TPSA) is 53.0 Å². The zero-order chi connectivity index (χ0) is 19.5. The molecule has 0 aromatic heterocycles. The number of phenolic OH excluding ortho intramolecular Hbond substituents is 1. The number of aryl methyl sites for hydroxylation is 1. The summed E-state index contributed by atoms with van der Waals surface area (Å²) in [6.07, 6.45) is 2.83. The predicted molar refractivity (Wildman–Crippen MR) is 108 cm³/mol. The van der Waals surface area contributed by atoms with Gasteiger partial charge in [0.05, 0.1) is 19.2 Å². The fourth-order valence-electron chi connectivity index (χ4n) is 4.24. The Bertz CT molecular complexity index is 796. The molecule has 2 aliphatic heterocycles. The molecule has 28 heavy (non-hydrogen) atoms. The fourth-order valence-corrected chi connectivity index (χ4v) is 4.24. The minimum Gasteiger partial charge on any atom is -0.508 e. The van der Waals surface area contributed by atoms with Gasteiger partial charge in [-0.05, 0) is 68.5 Å². The normalized spacial score (nSPS) is 21.8. The largest absolute Gasteiger partial charge is 0.508 e. The van der Waals surface area contributed by atoms with Crippen LogP contribution in [0.25, 0.3) is 0 Å². The second-order valence-electron chi connectivity index (χ2n) is 7.90. The first-order valence-electron chi connectivity index (χ1n) is 10.1. The van der Waals surface area contributed by atoms with Crippen LogP contribution in [0.5, 0.6) is 5.75 Å². The van der Waals surface area contributed by atoms with Crippen molar-refractivity contribution in [1.29, 1.82) is 0 Å². The van der Waals surface area contributed by atoms with Crippen molar-refractivity contribution in [1.82, 2.24) is 9.96 Å². The van der Waals surface area contributed by atoms with Crippen LogP contribution in [0.2, 0.25) is 0 Å². The van der Waals surface area contributed by atoms with Gasteiger partial charge in [-0.3, -0.25) is 14.5 Å². The van der Waals surface area contributed by atoms with Crippen molar-refractivity contribution in [2.24, 2.45) is 0 Å². The van der Waals surface area contributed by atoms with Gasteiger partial charge < -0.3 is 5.11 Å². The summed E-state index contributed by atoms with van der Waals surface area (Å²) in [6.45, 7) is 4.98. The van der Waals surface area contributed by atoms with E-state index in [2.05, 4.69) is 36.1 Å². The van der Waals surface area contributed by atoms with Gasteiger partial charge in [0.15, 0.2) is 0 Å². The summed E-state index contributed by atoms with van der Waals surface area (Å²) in [7, 11) is 0. The second kappa shape index (κ2) is 8.33. The van der Waals surface area contributed by atoms with Crippen LogP contribution in [-0.4, -0.2) is 46.7 Å². The van der Waals surface area contributed by atoms with Crippen LogP contribution in [0.1, 0.15) is 41.9 Å². The highest BCUT2D eigenvalue weighted by molar-refractivity contribution is 5.81. The predicted octanol–water partition coefficient (Wildman–Crippen LogP) is 3.61. The molecule has 2 aromatic carbocycles. The standard InChI is InChI=1S/C23H28N2O3/c1-17-2-4-18(5-3-17)16-25-23(27)22(12-15-28-25)24-13-10-20(11-14-24)19-6-8-21(26)9-7-19/h2-9,20,22,26H,10-16H2,1H3. The number of phenols is 1. The lowest BCUT2D eigenvalue weighted by atomic mass is 9.88. The fraction of sp³-hybridized carbons (Fsp3) is 0.435. The zero-order valence-corrected chi connectivity index (χ0v) is 16.4. The van der Waals surface area contributed by atoms with Crippen molar-refractivity contribution in [2.75, 3.05) is 19.7 Å². The molecule has 2 aliphatic rings. The zero-order valence-electron chi connectivity index (χ0n) is 16.4. The van der Waals surface area contributed by atoms with Crippen LogP contribution in [0, 0.1) is 6.92 Å². The van der Waals surface area contributed by atoms with E-state index in [1.54, 1.807) is 17.2 Å². The maximum atomic E-state index is 13.0. The lowest BCUT2D eigenvalue weighted by molar-refractivity contribution is -0.212. The van der Waals surface area contributed by atoms with Crippen molar-refractivity contribution in [3.8, 4) is 5.75 Å². The van der Waals surface area contributed by atoms with Crippen LogP contribution in [0.4, 0.5) is 0 Å². The number of hydrogen-bond acceptors (Lipinski definition) is 4. The van der Waals surface area contributed by atoms with Gasteiger partial charge in [0.1, 0.15) is 5.75 Å². The molecule has 0 aliphatic carbocycles. The van der Waals surface area contributed by atoms with Crippen LogP contribution in [0.15, 0.2) is 48.5 Å². The van der Waals surface area contributed by atoms with Crippen molar-refractivity contribution < 1.29 is 14.7 Å². The number of likely N-dealkylation sites (tertiary alicyclic amines) is 1. The van der Waals surface area contributed by atoms with E-state index in [0.29, 0.717) is 24.8 Å². The summed E-state index contributed by atoms with van der Waals surface area (Å²) in [5.74, 6) is 0.882. The maximum absolute atomic E-state index is 13.0. The molecule has 0 spiro atoms. The molecule has 1 amide bonds. The van der Waals surface area contributed by atoms with E-state index >= 15 is 0 Å². The van der Waals surface area contributed by atoms with Crippen LogP contribution >= 0.6 is 0 Å². The third kappa shape index (κ3) is 4.21. The van der Waals surface area contributed by atoms with Gasteiger partial charge in [0.25, 0.3) is 5.91 Å². The Morgan fingerprint density at radius 3 is 2.36 bits per heavy atom. The minimum atomic E-state index is -0.0834. The number of aromatic hydroxyl groups is 1. The Morgan fingerprint density at radius 2 is 1.68 bits per heavy atom. The number of rotatable bonds is 4. The molecule has 1 unspecified atom stereocenters. The average molecular weight is 380 g/mol. The number of hydroxylamine groups is 2. The van der Waals surface area contributed by atoms with E-state index in [9.17, 15) is 9.90 Å². The minimum absolute atomic E-state index is 0.0786. The Hall–Kier alpha value is -2.37. The highest BCUT2D eigenvalue weighted by atomic mass is 16.7. The third-order valence-electron chi connectivity index (χ3n) is 5.95. The van der Waals surface area contributed by atoms with Gasteiger partial charge in [-0.1, -0.05) is 42.0 Å². The number of nitrogens with zero attached hydrogens (tertiary/aromatic N) is 2. The summed E-state index contributed by atoms with van der Waals surface area (Å²) in [6, 6.07) is 15.7. The van der Waals surface area contributed by atoms with Gasteiger partial charge in [-0.15, -0.1) is 0 Å². The Balaban J connectivity index is 1.36. The monoisotopic (exact) mass is 380 g/mol. The number of benzene rings is 2. The maximum Gasteiger partial charge on any atom is 0.263 e. The first kappa shape index (κ1) is 19.0. The van der Waals surface area contributed by atoms with E-state index < -0.39 is 0 Å². The molecule has 4 rings (SSSR count). The molecular weight excluding hydrogens is 352 g/mol. The lowest BCUT2D eigenvalue weighted by Crippen LogP contribution is -2.54. The smallest absolute Gasteiger partial charge is 0.263 e. The summed E-state index contributed by atoms with van der Waals surface area (Å²) in [5, 5.41) is 11.0. The number of hydrogen-bond donors (Lipinski definition) is 1. The summed E-state index contributed by atoms with van der Waals surface area (Å²) >= 11 is 0. The van der Waals surface area contributed by atoms with E-state index in [1.807, 2.05) is 12.1 Å². The molecule has 2 aromatic rings. The van der Waals surface area contributed by atoms with E-state index in [1.165, 1.54) is 11.1 Å². The summed E-state index contributed by atoms with van der Waals surface area (Å²) in [4.78, 5) is 21.0. The summed E-state index contributed by atoms with van der Waals surface area (Å²) < 4.78 is 0. The number of carbonyl (C=O) groups is 1. The molecule has 5 nitrogen and oxygen atoms in total. The van der Waals surface area contributed by atoms with Crippen molar-refractivity contribution >= 4 is 5.91 Å². The van der Waals surface area contributed by atoms with Crippen LogP contribution in [-0.2, 0) is 16.2 Å². The molecule has 1 atom stereocenters. The third-order valence-corrected chi connectivity index (χ3v) is 5.95. The van der Waals surface area contributed by atoms with Crippen LogP contribution in [0.3, 0.4) is 0 Å². The molecule has 2 saturated heterocycles. The number of amides is 1. The molecule has 0 saturated carbocycles. The van der Waals surface area contributed by atoms with Gasteiger partial charge in [-0.25, -0.2) is 5.06 Å². The van der Waals surface area contributed by atoms with Gasteiger partial charge in [0, 0.05) is 0 Å². The Morgan fingerprint density at radius 1 is 1.00 bits per heavy atom. The van der Waals surface area contributed by atoms with E-state index in [-0.39, 0.29) is 11.9 Å². The SMILES string of the molecule is Cc1ccc(CN2OCCC(N3CCC(c4ccc(O)cc4)CC3)C2=O)cc1. The van der Waals surface area contributed by atoms with Crippen molar-refractivity contribution in [3.63, 3.8) is 0 Å². The summed E-state index contributed by atoms with van der Waals surface area (Å²) in [5.41, 5.74) is 3.58. The Labute approximate surface area is 166 Å². The number of carbonyl (C=O) groups excluding carboxylic acids is 1. The molecular formula is C23H28N2O3.